The van der Waals surface area contributed by atoms with Gasteiger partial charge in [-0.25, -0.2) is 9.79 Å². The maximum absolute atomic E-state index is 12.1. The van der Waals surface area contributed by atoms with Gasteiger partial charge in [0.05, 0.1) is 12.3 Å². The second kappa shape index (κ2) is 7.01. The van der Waals surface area contributed by atoms with E-state index in [-0.39, 0.29) is 0 Å². The van der Waals surface area contributed by atoms with Crippen LogP contribution in [-0.2, 0) is 9.53 Å². The molecule has 0 spiro atoms. The molecule has 0 fully saturated rings. The summed E-state index contributed by atoms with van der Waals surface area (Å²) >= 11 is 3.37. The van der Waals surface area contributed by atoms with Crippen LogP contribution < -0.4 is 0 Å². The molecule has 2 rings (SSSR count). The first kappa shape index (κ1) is 14.5. The Morgan fingerprint density at radius 2 is 1.75 bits per heavy atom. The van der Waals surface area contributed by atoms with E-state index in [1.54, 1.807) is 6.92 Å². The molecule has 0 atom stereocenters. The van der Waals surface area contributed by atoms with Crippen molar-refractivity contribution in [3.8, 4) is 0 Å². The first-order valence-corrected chi connectivity index (χ1v) is 7.07. The number of nitrogens with zero attached hydrogens (tertiary/aromatic N) is 1. The van der Waals surface area contributed by atoms with Crippen LogP contribution in [0.5, 0.6) is 0 Å². The molecular formula is C16H14BrNO2. The Hall–Kier alpha value is -1.94. The van der Waals surface area contributed by atoms with Gasteiger partial charge >= 0.3 is 5.97 Å². The van der Waals surface area contributed by atoms with Gasteiger partial charge in [0.1, 0.15) is 0 Å². The van der Waals surface area contributed by atoms with Crippen LogP contribution in [0.2, 0.25) is 0 Å². The molecule has 0 aliphatic rings. The van der Waals surface area contributed by atoms with Gasteiger partial charge in [-0.1, -0.05) is 46.3 Å². The minimum Gasteiger partial charge on any atom is -0.461 e. The minimum absolute atomic E-state index is 0.311. The third-order valence-electron chi connectivity index (χ3n) is 2.58. The first-order chi connectivity index (χ1) is 9.70. The van der Waals surface area contributed by atoms with Crippen molar-refractivity contribution < 1.29 is 9.53 Å². The number of aliphatic imine (C=N–C) groups is 1. The highest BCUT2D eigenvalue weighted by atomic mass is 79.9. The Morgan fingerprint density at radius 3 is 2.35 bits per heavy atom. The zero-order valence-corrected chi connectivity index (χ0v) is 12.6. The number of carbonyl (C=O) groups excluding carboxylic acids is 1. The normalized spacial score (nSPS) is 11.2. The van der Waals surface area contributed by atoms with E-state index in [1.807, 2.05) is 54.6 Å². The first-order valence-electron chi connectivity index (χ1n) is 6.27. The SMILES string of the molecule is CCOC(=O)C(=Nc1ccccc1)c1ccc(Br)cc1. The van der Waals surface area contributed by atoms with Gasteiger partial charge < -0.3 is 4.74 Å². The number of hydrogen-bond donors (Lipinski definition) is 0. The summed E-state index contributed by atoms with van der Waals surface area (Å²) < 4.78 is 6.03. The highest BCUT2D eigenvalue weighted by Gasteiger charge is 2.15. The summed E-state index contributed by atoms with van der Waals surface area (Å²) in [5.41, 5.74) is 1.76. The Kier molecular flexibility index (Phi) is 5.07. The van der Waals surface area contributed by atoms with Crippen molar-refractivity contribution in [1.29, 1.82) is 0 Å². The Morgan fingerprint density at radius 1 is 1.10 bits per heavy atom. The Labute approximate surface area is 126 Å². The van der Waals surface area contributed by atoms with Crippen LogP contribution in [0.4, 0.5) is 5.69 Å². The van der Waals surface area contributed by atoms with Crippen molar-refractivity contribution in [3.05, 3.63) is 64.6 Å². The lowest BCUT2D eigenvalue weighted by Crippen LogP contribution is -2.18. The van der Waals surface area contributed by atoms with Gasteiger partial charge in [0.2, 0.25) is 0 Å². The molecule has 0 heterocycles. The number of ether oxygens (including phenoxy) is 1. The predicted molar refractivity (Wildman–Crippen MR) is 83.4 cm³/mol. The van der Waals surface area contributed by atoms with Crippen LogP contribution in [0, 0.1) is 0 Å². The fraction of sp³-hybridized carbons (Fsp3) is 0.125. The number of hydrogen-bond acceptors (Lipinski definition) is 3. The van der Waals surface area contributed by atoms with Crippen molar-refractivity contribution in [2.24, 2.45) is 4.99 Å². The van der Waals surface area contributed by atoms with E-state index in [2.05, 4.69) is 20.9 Å². The van der Waals surface area contributed by atoms with Crippen molar-refractivity contribution in [3.63, 3.8) is 0 Å². The lowest BCUT2D eigenvalue weighted by atomic mass is 10.1. The largest absolute Gasteiger partial charge is 0.461 e. The van der Waals surface area contributed by atoms with Gasteiger partial charge in [0, 0.05) is 10.0 Å². The van der Waals surface area contributed by atoms with Crippen LogP contribution >= 0.6 is 15.9 Å². The van der Waals surface area contributed by atoms with E-state index in [4.69, 9.17) is 4.74 Å². The fourth-order valence-corrected chi connectivity index (χ4v) is 1.93. The number of esters is 1. The van der Waals surface area contributed by atoms with Crippen molar-refractivity contribution >= 4 is 33.3 Å². The molecule has 0 saturated heterocycles. The van der Waals surface area contributed by atoms with Crippen LogP contribution in [0.25, 0.3) is 0 Å². The molecule has 3 nitrogen and oxygen atoms in total. The van der Waals surface area contributed by atoms with E-state index >= 15 is 0 Å². The average molecular weight is 332 g/mol. The highest BCUT2D eigenvalue weighted by molar-refractivity contribution is 9.10. The molecule has 20 heavy (non-hydrogen) atoms. The molecule has 102 valence electrons. The molecule has 2 aromatic carbocycles. The maximum Gasteiger partial charge on any atom is 0.357 e. The molecule has 0 saturated carbocycles. The molecule has 0 aliphatic heterocycles. The lowest BCUT2D eigenvalue weighted by molar-refractivity contribution is -0.134. The van der Waals surface area contributed by atoms with Gasteiger partial charge in [-0.15, -0.1) is 0 Å². The molecule has 0 N–H and O–H groups in total. The molecule has 4 heteroatoms. The Bertz CT molecular complexity index is 606. The number of carbonyl (C=O) groups is 1. The summed E-state index contributed by atoms with van der Waals surface area (Å²) in [6.07, 6.45) is 0. The van der Waals surface area contributed by atoms with Gasteiger partial charge in [-0.3, -0.25) is 0 Å². The van der Waals surface area contributed by atoms with Crippen LogP contribution in [0.15, 0.2) is 64.1 Å². The molecule has 0 radical (unpaired) electrons. The van der Waals surface area contributed by atoms with E-state index < -0.39 is 5.97 Å². The van der Waals surface area contributed by atoms with Crippen LogP contribution in [0.3, 0.4) is 0 Å². The summed E-state index contributed by atoms with van der Waals surface area (Å²) in [6.45, 7) is 2.10. The van der Waals surface area contributed by atoms with Gasteiger partial charge in [0.25, 0.3) is 0 Å². The molecular weight excluding hydrogens is 318 g/mol. The molecule has 0 aliphatic carbocycles. The predicted octanol–water partition coefficient (Wildman–Crippen LogP) is 4.13. The van der Waals surface area contributed by atoms with Gasteiger partial charge in [-0.05, 0) is 31.2 Å². The van der Waals surface area contributed by atoms with E-state index in [0.717, 1.165) is 15.7 Å². The third-order valence-corrected chi connectivity index (χ3v) is 3.11. The summed E-state index contributed by atoms with van der Waals surface area (Å²) in [4.78, 5) is 16.5. The Balaban J connectivity index is 2.42. The number of para-hydroxylation sites is 1. The fourth-order valence-electron chi connectivity index (χ4n) is 1.67. The maximum atomic E-state index is 12.1. The zero-order valence-electron chi connectivity index (χ0n) is 11.0. The summed E-state index contributed by atoms with van der Waals surface area (Å²) in [6, 6.07) is 16.8. The van der Waals surface area contributed by atoms with E-state index in [1.165, 1.54) is 0 Å². The molecule has 0 amide bonds. The number of halogens is 1. The van der Waals surface area contributed by atoms with Crippen LogP contribution in [0.1, 0.15) is 12.5 Å². The minimum atomic E-state index is -0.418. The average Bonchev–Trinajstić information content (AvgIpc) is 2.47. The standard InChI is InChI=1S/C16H14BrNO2/c1-2-20-16(19)15(12-8-10-13(17)11-9-12)18-14-6-4-3-5-7-14/h3-11H,2H2,1H3. The zero-order chi connectivity index (χ0) is 14.4. The second-order valence-corrected chi connectivity index (χ2v) is 4.94. The lowest BCUT2D eigenvalue weighted by Gasteiger charge is -2.06. The summed E-state index contributed by atoms with van der Waals surface area (Å²) in [5, 5.41) is 0. The summed E-state index contributed by atoms with van der Waals surface area (Å²) in [5.74, 6) is -0.418. The topological polar surface area (TPSA) is 38.7 Å². The third kappa shape index (κ3) is 3.78. The van der Waals surface area contributed by atoms with E-state index in [0.29, 0.717) is 12.3 Å². The molecule has 0 bridgehead atoms. The quantitative estimate of drug-likeness (QED) is 0.624. The molecule has 0 unspecified atom stereocenters. The van der Waals surface area contributed by atoms with E-state index in [9.17, 15) is 4.79 Å². The van der Waals surface area contributed by atoms with Crippen molar-refractivity contribution in [2.75, 3.05) is 6.61 Å². The van der Waals surface area contributed by atoms with Crippen LogP contribution in [-0.4, -0.2) is 18.3 Å². The molecule has 0 aromatic heterocycles. The highest BCUT2D eigenvalue weighted by Crippen LogP contribution is 2.16. The molecule has 2 aromatic rings. The number of rotatable bonds is 4. The van der Waals surface area contributed by atoms with Crippen molar-refractivity contribution in [1.82, 2.24) is 0 Å². The number of benzene rings is 2. The second-order valence-electron chi connectivity index (χ2n) is 4.02. The van der Waals surface area contributed by atoms with Gasteiger partial charge in [-0.2, -0.15) is 0 Å². The van der Waals surface area contributed by atoms with Crippen molar-refractivity contribution in [2.45, 2.75) is 6.92 Å². The van der Waals surface area contributed by atoms with Gasteiger partial charge in [0.15, 0.2) is 5.71 Å². The smallest absolute Gasteiger partial charge is 0.357 e. The summed E-state index contributed by atoms with van der Waals surface area (Å²) in [7, 11) is 0. The monoisotopic (exact) mass is 331 g/mol.